The van der Waals surface area contributed by atoms with Crippen LogP contribution in [0.15, 0.2) is 0 Å². The second-order valence-electron chi connectivity index (χ2n) is 13.6. The second kappa shape index (κ2) is 15.1. The zero-order chi connectivity index (χ0) is 27.0. The van der Waals surface area contributed by atoms with Crippen LogP contribution in [0.5, 0.6) is 0 Å². The number of ether oxygens (including phenoxy) is 2. The third kappa shape index (κ3) is 8.16. The van der Waals surface area contributed by atoms with Gasteiger partial charge < -0.3 is 29.9 Å². The van der Waals surface area contributed by atoms with Crippen LogP contribution in [0.3, 0.4) is 0 Å². The van der Waals surface area contributed by atoms with Crippen molar-refractivity contribution in [3.05, 3.63) is 0 Å². The van der Waals surface area contributed by atoms with Gasteiger partial charge in [-0.1, -0.05) is 6.92 Å². The molecule has 38 heavy (non-hydrogen) atoms. The monoisotopic (exact) mass is 538 g/mol. The first-order valence-electron chi connectivity index (χ1n) is 16.2. The first-order chi connectivity index (χ1) is 18.4. The van der Waals surface area contributed by atoms with Crippen molar-refractivity contribution in [1.29, 1.82) is 0 Å². The molecule has 4 saturated carbocycles. The maximum absolute atomic E-state index is 10.3. The summed E-state index contributed by atoms with van der Waals surface area (Å²) in [6.45, 7) is 3.75. The molecular formula is C32H58O6. The van der Waals surface area contributed by atoms with Gasteiger partial charge in [0.2, 0.25) is 0 Å². The lowest BCUT2D eigenvalue weighted by Crippen LogP contribution is -2.45. The van der Waals surface area contributed by atoms with Crippen LogP contribution in [0.2, 0.25) is 0 Å². The molecule has 0 heterocycles. The molecule has 0 atom stereocenters. The van der Waals surface area contributed by atoms with Crippen LogP contribution < -0.4 is 0 Å². The fourth-order valence-electron chi connectivity index (χ4n) is 9.17. The Labute approximate surface area is 231 Å². The highest BCUT2D eigenvalue weighted by atomic mass is 16.5. The maximum atomic E-state index is 10.3. The van der Waals surface area contributed by atoms with Crippen LogP contribution >= 0.6 is 0 Å². The Morgan fingerprint density at radius 1 is 0.579 bits per heavy atom. The minimum atomic E-state index is -0.116. The lowest BCUT2D eigenvalue weighted by molar-refractivity contribution is -0.0690. The molecule has 4 aliphatic carbocycles. The van der Waals surface area contributed by atoms with Crippen molar-refractivity contribution in [2.75, 3.05) is 26.4 Å². The number of hydrogen-bond donors (Lipinski definition) is 4. The van der Waals surface area contributed by atoms with Gasteiger partial charge in [0.15, 0.2) is 0 Å². The van der Waals surface area contributed by atoms with Crippen molar-refractivity contribution >= 4 is 0 Å². The third-order valence-corrected chi connectivity index (χ3v) is 11.5. The molecule has 0 aromatic carbocycles. The molecule has 4 N–H and O–H groups in total. The molecule has 0 saturated heterocycles. The van der Waals surface area contributed by atoms with E-state index in [0.717, 1.165) is 77.0 Å². The van der Waals surface area contributed by atoms with Crippen LogP contribution in [0.25, 0.3) is 0 Å². The minimum Gasteiger partial charge on any atom is -0.394 e. The number of aliphatic hydroxyl groups excluding tert-OH is 4. The van der Waals surface area contributed by atoms with Gasteiger partial charge in [0.25, 0.3) is 0 Å². The van der Waals surface area contributed by atoms with Gasteiger partial charge >= 0.3 is 0 Å². The van der Waals surface area contributed by atoms with Gasteiger partial charge in [0.05, 0.1) is 50.8 Å². The van der Waals surface area contributed by atoms with Crippen molar-refractivity contribution < 1.29 is 29.9 Å². The van der Waals surface area contributed by atoms with Crippen molar-refractivity contribution in [1.82, 2.24) is 0 Å². The maximum Gasteiger partial charge on any atom is 0.0701 e. The van der Waals surface area contributed by atoms with Crippen LogP contribution in [0.4, 0.5) is 0 Å². The molecule has 4 aliphatic rings. The zero-order valence-electron chi connectivity index (χ0n) is 24.2. The fraction of sp³-hybridized carbons (Fsp3) is 1.00. The van der Waals surface area contributed by atoms with Crippen molar-refractivity contribution in [2.24, 2.45) is 35.0 Å². The average molecular weight is 539 g/mol. The summed E-state index contributed by atoms with van der Waals surface area (Å²) in [4.78, 5) is 0. The molecule has 0 aromatic heterocycles. The first kappa shape index (κ1) is 30.7. The highest BCUT2D eigenvalue weighted by molar-refractivity contribution is 4.98. The SMILES string of the molecule is CC(CC(C1CCC(O)CC1)C1CCC(O)CC1)(C1CCC(OCCO)CC1)C1CCC(OCCO)CC1. The van der Waals surface area contributed by atoms with E-state index < -0.39 is 0 Å². The first-order valence-corrected chi connectivity index (χ1v) is 16.2. The molecule has 0 amide bonds. The smallest absolute Gasteiger partial charge is 0.0701 e. The molecule has 6 heteroatoms. The van der Waals surface area contributed by atoms with E-state index in [0.29, 0.717) is 55.0 Å². The summed E-state index contributed by atoms with van der Waals surface area (Å²) < 4.78 is 11.9. The Bertz CT molecular complexity index is 590. The second-order valence-corrected chi connectivity index (χ2v) is 13.6. The molecule has 6 nitrogen and oxygen atoms in total. The average Bonchev–Trinajstić information content (AvgIpc) is 2.95. The summed E-state index contributed by atoms with van der Waals surface area (Å²) in [7, 11) is 0. The Morgan fingerprint density at radius 2 is 0.947 bits per heavy atom. The summed E-state index contributed by atoms with van der Waals surface area (Å²) in [5.74, 6) is 3.48. The standard InChI is InChI=1S/C32H58O6/c1-32(25-6-14-29(15-7-25)37-20-18-33,26-8-16-30(17-9-26)38-21-19-34)22-31(23-2-10-27(35)11-3-23)24-4-12-28(36)13-5-24/h23-31,33-36H,2-22H2,1H3. The normalized spacial score (nSPS) is 39.4. The van der Waals surface area contributed by atoms with Gasteiger partial charge in [-0.2, -0.15) is 0 Å². The van der Waals surface area contributed by atoms with E-state index in [1.54, 1.807) is 0 Å². The van der Waals surface area contributed by atoms with E-state index in [-0.39, 0.29) is 30.8 Å². The summed E-state index contributed by atoms with van der Waals surface area (Å²) in [6, 6.07) is 0. The van der Waals surface area contributed by atoms with E-state index in [1.807, 2.05) is 0 Å². The van der Waals surface area contributed by atoms with E-state index in [4.69, 9.17) is 9.47 Å². The summed E-state index contributed by atoms with van der Waals surface area (Å²) in [6.07, 6.45) is 19.3. The van der Waals surface area contributed by atoms with Crippen molar-refractivity contribution in [3.8, 4) is 0 Å². The number of rotatable bonds is 12. The third-order valence-electron chi connectivity index (χ3n) is 11.5. The van der Waals surface area contributed by atoms with E-state index in [2.05, 4.69) is 6.92 Å². The number of hydrogen-bond acceptors (Lipinski definition) is 6. The quantitative estimate of drug-likeness (QED) is 0.271. The van der Waals surface area contributed by atoms with Crippen LogP contribution in [-0.4, -0.2) is 71.3 Å². The molecule has 0 aliphatic heterocycles. The molecule has 4 fully saturated rings. The highest BCUT2D eigenvalue weighted by Crippen LogP contribution is 2.56. The molecule has 4 rings (SSSR count). The predicted octanol–water partition coefficient (Wildman–Crippen LogP) is 5.24. The molecule has 0 unspecified atom stereocenters. The van der Waals surface area contributed by atoms with E-state index >= 15 is 0 Å². The van der Waals surface area contributed by atoms with Gasteiger partial charge in [-0.3, -0.25) is 0 Å². The van der Waals surface area contributed by atoms with E-state index in [9.17, 15) is 20.4 Å². The zero-order valence-corrected chi connectivity index (χ0v) is 24.2. The molecule has 0 radical (unpaired) electrons. The van der Waals surface area contributed by atoms with Gasteiger partial charge in [0.1, 0.15) is 0 Å². The van der Waals surface area contributed by atoms with Gasteiger partial charge in [-0.05, 0) is 144 Å². The lowest BCUT2D eigenvalue weighted by atomic mass is 9.53. The summed E-state index contributed by atoms with van der Waals surface area (Å²) in [5.41, 5.74) is 0.278. The topological polar surface area (TPSA) is 99.4 Å². The molecular weight excluding hydrogens is 480 g/mol. The van der Waals surface area contributed by atoms with Crippen LogP contribution in [0.1, 0.15) is 116 Å². The highest BCUT2D eigenvalue weighted by Gasteiger charge is 2.47. The van der Waals surface area contributed by atoms with Crippen LogP contribution in [0, 0.1) is 35.0 Å². The Morgan fingerprint density at radius 3 is 1.29 bits per heavy atom. The minimum absolute atomic E-state index is 0.104. The largest absolute Gasteiger partial charge is 0.394 e. The van der Waals surface area contributed by atoms with E-state index in [1.165, 1.54) is 32.1 Å². The van der Waals surface area contributed by atoms with Crippen molar-refractivity contribution in [2.45, 2.75) is 140 Å². The number of aliphatic hydroxyl groups is 4. The van der Waals surface area contributed by atoms with Crippen LogP contribution in [-0.2, 0) is 9.47 Å². The predicted molar refractivity (Wildman–Crippen MR) is 150 cm³/mol. The van der Waals surface area contributed by atoms with Crippen molar-refractivity contribution in [3.63, 3.8) is 0 Å². The molecule has 0 spiro atoms. The van der Waals surface area contributed by atoms with Gasteiger partial charge in [-0.15, -0.1) is 0 Å². The summed E-state index contributed by atoms with van der Waals surface area (Å²) >= 11 is 0. The van der Waals surface area contributed by atoms with Gasteiger partial charge in [0, 0.05) is 0 Å². The molecule has 0 bridgehead atoms. The Balaban J connectivity index is 1.51. The Kier molecular flexibility index (Phi) is 12.2. The summed E-state index contributed by atoms with van der Waals surface area (Å²) in [5, 5.41) is 39.0. The Hall–Kier alpha value is -0.240. The molecule has 222 valence electrons. The fourth-order valence-corrected chi connectivity index (χ4v) is 9.17. The van der Waals surface area contributed by atoms with Gasteiger partial charge in [-0.25, -0.2) is 0 Å². The molecule has 0 aromatic rings. The lowest BCUT2D eigenvalue weighted by Gasteiger charge is -2.52.